The molecule has 33 heavy (non-hydrogen) atoms. The van der Waals surface area contributed by atoms with Crippen LogP contribution in [0.15, 0.2) is 36.4 Å². The standard InChI is InChI=1S/C26H32ClN3O2S/c1-18-16-21(27)17-22-23(18)28-25(33-22)30(11-5-10-29-12-14-32-15-13-29)24(31)19-6-8-20(9-7-19)26(2,3)4/h6-9,16-17H,5,10-15H2,1-4H3. The fourth-order valence-electron chi connectivity index (χ4n) is 4.09. The number of aromatic nitrogens is 1. The van der Waals surface area contributed by atoms with E-state index >= 15 is 0 Å². The minimum absolute atomic E-state index is 0.0137. The summed E-state index contributed by atoms with van der Waals surface area (Å²) < 4.78 is 6.46. The van der Waals surface area contributed by atoms with Gasteiger partial charge in [-0.15, -0.1) is 0 Å². The zero-order valence-electron chi connectivity index (χ0n) is 19.9. The van der Waals surface area contributed by atoms with Crippen LogP contribution in [0.2, 0.25) is 5.02 Å². The highest BCUT2D eigenvalue weighted by Crippen LogP contribution is 2.34. The van der Waals surface area contributed by atoms with Crippen LogP contribution in [-0.2, 0) is 10.2 Å². The second-order valence-electron chi connectivity index (χ2n) is 9.66. The molecule has 1 fully saturated rings. The number of fused-ring (bicyclic) bond motifs is 1. The maximum atomic E-state index is 13.7. The van der Waals surface area contributed by atoms with Crippen molar-refractivity contribution in [1.82, 2.24) is 9.88 Å². The Morgan fingerprint density at radius 1 is 1.18 bits per heavy atom. The largest absolute Gasteiger partial charge is 0.379 e. The van der Waals surface area contributed by atoms with Gasteiger partial charge < -0.3 is 4.74 Å². The van der Waals surface area contributed by atoms with E-state index in [1.165, 1.54) is 16.9 Å². The first kappa shape index (κ1) is 24.1. The van der Waals surface area contributed by atoms with E-state index in [0.717, 1.165) is 60.2 Å². The van der Waals surface area contributed by atoms with Crippen LogP contribution in [0.3, 0.4) is 0 Å². The molecule has 0 bridgehead atoms. The van der Waals surface area contributed by atoms with Gasteiger partial charge in [-0.3, -0.25) is 14.6 Å². The Kier molecular flexibility index (Phi) is 7.39. The highest BCUT2D eigenvalue weighted by Gasteiger charge is 2.23. The van der Waals surface area contributed by atoms with Gasteiger partial charge in [0.1, 0.15) is 0 Å². The molecule has 1 aliphatic rings. The van der Waals surface area contributed by atoms with Crippen LogP contribution in [0.1, 0.15) is 48.7 Å². The first-order valence-electron chi connectivity index (χ1n) is 11.5. The van der Waals surface area contributed by atoms with Crippen LogP contribution in [0.25, 0.3) is 10.2 Å². The average Bonchev–Trinajstić information content (AvgIpc) is 3.20. The van der Waals surface area contributed by atoms with Crippen LogP contribution < -0.4 is 4.90 Å². The lowest BCUT2D eigenvalue weighted by Crippen LogP contribution is -2.39. The number of rotatable bonds is 6. The average molecular weight is 486 g/mol. The van der Waals surface area contributed by atoms with Crippen molar-refractivity contribution in [3.8, 4) is 0 Å². The Balaban J connectivity index is 1.60. The molecule has 2 aromatic carbocycles. The minimum atomic E-state index is -0.0137. The Hall–Kier alpha value is -1.99. The molecule has 7 heteroatoms. The number of hydrogen-bond acceptors (Lipinski definition) is 5. The number of aryl methyl sites for hydroxylation is 1. The van der Waals surface area contributed by atoms with Gasteiger partial charge in [0, 0.05) is 36.8 Å². The van der Waals surface area contributed by atoms with E-state index in [0.29, 0.717) is 17.1 Å². The summed E-state index contributed by atoms with van der Waals surface area (Å²) in [6.45, 7) is 13.5. The van der Waals surface area contributed by atoms with Crippen LogP contribution in [0.5, 0.6) is 0 Å². The molecular weight excluding hydrogens is 454 g/mol. The van der Waals surface area contributed by atoms with Gasteiger partial charge in [-0.05, 0) is 54.2 Å². The molecule has 176 valence electrons. The number of carbonyl (C=O) groups is 1. The van der Waals surface area contributed by atoms with Crippen molar-refractivity contribution in [2.75, 3.05) is 44.3 Å². The van der Waals surface area contributed by atoms with E-state index in [4.69, 9.17) is 21.3 Å². The molecule has 4 rings (SSSR count). The third-order valence-electron chi connectivity index (χ3n) is 6.07. The monoisotopic (exact) mass is 485 g/mol. The van der Waals surface area contributed by atoms with Crippen molar-refractivity contribution in [3.63, 3.8) is 0 Å². The van der Waals surface area contributed by atoms with Crippen LogP contribution in [0.4, 0.5) is 5.13 Å². The smallest absolute Gasteiger partial charge is 0.260 e. The molecule has 0 saturated carbocycles. The SMILES string of the molecule is Cc1cc(Cl)cc2sc(N(CCCN3CCOCC3)C(=O)c3ccc(C(C)(C)C)cc3)nc12. The molecule has 0 N–H and O–H groups in total. The number of nitrogens with zero attached hydrogens (tertiary/aromatic N) is 3. The van der Waals surface area contributed by atoms with Gasteiger partial charge in [0.05, 0.1) is 23.4 Å². The van der Waals surface area contributed by atoms with E-state index < -0.39 is 0 Å². The number of ether oxygens (including phenoxy) is 1. The lowest BCUT2D eigenvalue weighted by atomic mass is 9.86. The highest BCUT2D eigenvalue weighted by molar-refractivity contribution is 7.22. The molecule has 1 amide bonds. The zero-order chi connectivity index (χ0) is 23.6. The van der Waals surface area contributed by atoms with E-state index in [9.17, 15) is 4.79 Å². The van der Waals surface area contributed by atoms with Crippen LogP contribution in [0, 0.1) is 6.92 Å². The fraction of sp³-hybridized carbons (Fsp3) is 0.462. The van der Waals surface area contributed by atoms with Gasteiger partial charge in [0.15, 0.2) is 5.13 Å². The number of carbonyl (C=O) groups excluding carboxylic acids is 1. The van der Waals surface area contributed by atoms with Crippen molar-refractivity contribution in [3.05, 3.63) is 58.1 Å². The summed E-state index contributed by atoms with van der Waals surface area (Å²) in [5.74, 6) is -0.0137. The van der Waals surface area contributed by atoms with Crippen LogP contribution >= 0.6 is 22.9 Å². The second kappa shape index (κ2) is 10.1. The molecule has 5 nitrogen and oxygen atoms in total. The summed E-state index contributed by atoms with van der Waals surface area (Å²) in [6, 6.07) is 11.8. The number of amides is 1. The molecule has 1 saturated heterocycles. The van der Waals surface area contributed by atoms with E-state index in [1.54, 1.807) is 0 Å². The van der Waals surface area contributed by atoms with Gasteiger partial charge >= 0.3 is 0 Å². The zero-order valence-corrected chi connectivity index (χ0v) is 21.4. The Morgan fingerprint density at radius 2 is 1.88 bits per heavy atom. The molecule has 0 spiro atoms. The molecule has 0 unspecified atom stereocenters. The summed E-state index contributed by atoms with van der Waals surface area (Å²) in [6.07, 6.45) is 0.876. The van der Waals surface area contributed by atoms with Gasteiger partial charge in [-0.2, -0.15) is 0 Å². The maximum Gasteiger partial charge on any atom is 0.260 e. The van der Waals surface area contributed by atoms with Crippen molar-refractivity contribution in [1.29, 1.82) is 0 Å². The normalized spacial score (nSPS) is 15.2. The summed E-state index contributed by atoms with van der Waals surface area (Å²) in [4.78, 5) is 22.7. The number of morpholine rings is 1. The Morgan fingerprint density at radius 3 is 2.55 bits per heavy atom. The Bertz CT molecular complexity index is 1120. The first-order valence-corrected chi connectivity index (χ1v) is 12.7. The van der Waals surface area contributed by atoms with Gasteiger partial charge in [0.2, 0.25) is 0 Å². The summed E-state index contributed by atoms with van der Waals surface area (Å²) >= 11 is 7.80. The van der Waals surface area contributed by atoms with Crippen molar-refractivity contribution < 1.29 is 9.53 Å². The maximum absolute atomic E-state index is 13.7. The molecule has 0 radical (unpaired) electrons. The van der Waals surface area contributed by atoms with E-state index in [-0.39, 0.29) is 11.3 Å². The second-order valence-corrected chi connectivity index (χ2v) is 11.1. The summed E-state index contributed by atoms with van der Waals surface area (Å²) in [5, 5.41) is 1.42. The fourth-order valence-corrected chi connectivity index (χ4v) is 5.53. The molecule has 2 heterocycles. The van der Waals surface area contributed by atoms with Gasteiger partial charge in [0.25, 0.3) is 5.91 Å². The third kappa shape index (κ3) is 5.75. The van der Waals surface area contributed by atoms with Crippen LogP contribution in [-0.4, -0.2) is 55.2 Å². The molecule has 0 aliphatic carbocycles. The topological polar surface area (TPSA) is 45.7 Å². The minimum Gasteiger partial charge on any atom is -0.379 e. The number of thiazole rings is 1. The molecular formula is C26H32ClN3O2S. The quantitative estimate of drug-likeness (QED) is 0.434. The lowest BCUT2D eigenvalue weighted by Gasteiger charge is -2.28. The predicted octanol–water partition coefficient (Wildman–Crippen LogP) is 5.92. The number of hydrogen-bond donors (Lipinski definition) is 0. The summed E-state index contributed by atoms with van der Waals surface area (Å²) in [7, 11) is 0. The van der Waals surface area contributed by atoms with Gasteiger partial charge in [-0.25, -0.2) is 4.98 Å². The van der Waals surface area contributed by atoms with Crippen molar-refractivity contribution >= 4 is 44.2 Å². The Labute approximate surface area is 205 Å². The molecule has 1 aromatic heterocycles. The third-order valence-corrected chi connectivity index (χ3v) is 7.32. The van der Waals surface area contributed by atoms with Crippen molar-refractivity contribution in [2.24, 2.45) is 0 Å². The molecule has 3 aromatic rings. The molecule has 1 aliphatic heterocycles. The number of benzene rings is 2. The first-order chi connectivity index (χ1) is 15.7. The van der Waals surface area contributed by atoms with Crippen molar-refractivity contribution in [2.45, 2.75) is 39.5 Å². The van der Waals surface area contributed by atoms with E-state index in [1.807, 2.05) is 36.1 Å². The number of anilines is 1. The number of halogens is 1. The lowest BCUT2D eigenvalue weighted by molar-refractivity contribution is 0.0376. The predicted molar refractivity (Wildman–Crippen MR) is 138 cm³/mol. The molecule has 0 atom stereocenters. The van der Waals surface area contributed by atoms with Gasteiger partial charge in [-0.1, -0.05) is 55.8 Å². The highest BCUT2D eigenvalue weighted by atomic mass is 35.5. The summed E-state index contributed by atoms with van der Waals surface area (Å²) in [5.41, 5.74) is 3.87. The van der Waals surface area contributed by atoms with E-state index in [2.05, 4.69) is 37.8 Å².